The maximum atomic E-state index is 9.24. The predicted octanol–water partition coefficient (Wildman–Crippen LogP) is -0.688. The SMILES string of the molecule is OCC(O)C(CO)OCc1ccccn1. The second-order valence-corrected chi connectivity index (χ2v) is 3.10. The summed E-state index contributed by atoms with van der Waals surface area (Å²) in [6, 6.07) is 5.39. The molecule has 0 fully saturated rings. The van der Waals surface area contributed by atoms with Crippen molar-refractivity contribution in [2.45, 2.75) is 18.8 Å². The van der Waals surface area contributed by atoms with Crippen LogP contribution in [-0.2, 0) is 11.3 Å². The second-order valence-electron chi connectivity index (χ2n) is 3.10. The van der Waals surface area contributed by atoms with E-state index >= 15 is 0 Å². The average molecular weight is 213 g/mol. The van der Waals surface area contributed by atoms with Gasteiger partial charge in [0.2, 0.25) is 0 Å². The van der Waals surface area contributed by atoms with Crippen LogP contribution in [-0.4, -0.2) is 45.7 Å². The first-order valence-electron chi connectivity index (χ1n) is 4.69. The Hall–Kier alpha value is -1.01. The lowest BCUT2D eigenvalue weighted by molar-refractivity contribution is -0.0867. The molecule has 0 saturated carbocycles. The molecule has 1 aromatic rings. The highest BCUT2D eigenvalue weighted by Gasteiger charge is 2.18. The number of aliphatic hydroxyl groups excluding tert-OH is 3. The summed E-state index contributed by atoms with van der Waals surface area (Å²) in [5.74, 6) is 0. The Kier molecular flexibility index (Phi) is 5.20. The molecule has 2 unspecified atom stereocenters. The number of aromatic nitrogens is 1. The fourth-order valence-corrected chi connectivity index (χ4v) is 1.08. The molecule has 0 aliphatic rings. The third kappa shape index (κ3) is 3.93. The van der Waals surface area contributed by atoms with Crippen LogP contribution in [0.5, 0.6) is 0 Å². The molecular weight excluding hydrogens is 198 g/mol. The van der Waals surface area contributed by atoms with Gasteiger partial charge in [-0.25, -0.2) is 0 Å². The van der Waals surface area contributed by atoms with Crippen LogP contribution in [0.25, 0.3) is 0 Å². The number of hydrogen-bond donors (Lipinski definition) is 3. The van der Waals surface area contributed by atoms with Crippen LogP contribution in [0.3, 0.4) is 0 Å². The molecule has 1 aromatic heterocycles. The van der Waals surface area contributed by atoms with Crippen molar-refractivity contribution in [1.82, 2.24) is 4.98 Å². The molecule has 0 saturated heterocycles. The Labute approximate surface area is 88.0 Å². The summed E-state index contributed by atoms with van der Waals surface area (Å²) in [4.78, 5) is 4.02. The largest absolute Gasteiger partial charge is 0.394 e. The fraction of sp³-hybridized carbons (Fsp3) is 0.500. The molecule has 5 nitrogen and oxygen atoms in total. The van der Waals surface area contributed by atoms with Gasteiger partial charge in [0.25, 0.3) is 0 Å². The minimum atomic E-state index is -1.07. The van der Waals surface area contributed by atoms with Crippen molar-refractivity contribution in [3.05, 3.63) is 30.1 Å². The van der Waals surface area contributed by atoms with Crippen molar-refractivity contribution in [2.75, 3.05) is 13.2 Å². The second kappa shape index (κ2) is 6.47. The summed E-state index contributed by atoms with van der Waals surface area (Å²) < 4.78 is 5.21. The highest BCUT2D eigenvalue weighted by Crippen LogP contribution is 2.03. The van der Waals surface area contributed by atoms with Crippen molar-refractivity contribution in [2.24, 2.45) is 0 Å². The van der Waals surface area contributed by atoms with E-state index in [-0.39, 0.29) is 13.2 Å². The Bertz CT molecular complexity index is 267. The summed E-state index contributed by atoms with van der Waals surface area (Å²) in [6.45, 7) is -0.578. The molecule has 0 bridgehead atoms. The maximum Gasteiger partial charge on any atom is 0.109 e. The van der Waals surface area contributed by atoms with Gasteiger partial charge in [-0.15, -0.1) is 0 Å². The van der Waals surface area contributed by atoms with Crippen LogP contribution in [0, 0.1) is 0 Å². The van der Waals surface area contributed by atoms with Crippen molar-refractivity contribution in [3.8, 4) is 0 Å². The first-order valence-corrected chi connectivity index (χ1v) is 4.69. The first kappa shape index (κ1) is 12.1. The minimum Gasteiger partial charge on any atom is -0.394 e. The zero-order valence-corrected chi connectivity index (χ0v) is 8.28. The number of nitrogens with zero attached hydrogens (tertiary/aromatic N) is 1. The minimum absolute atomic E-state index is 0.198. The fourth-order valence-electron chi connectivity index (χ4n) is 1.08. The Morgan fingerprint density at radius 2 is 2.07 bits per heavy atom. The van der Waals surface area contributed by atoms with E-state index in [4.69, 9.17) is 14.9 Å². The molecule has 0 spiro atoms. The van der Waals surface area contributed by atoms with Gasteiger partial charge in [0.05, 0.1) is 25.5 Å². The van der Waals surface area contributed by atoms with Gasteiger partial charge in [0.15, 0.2) is 0 Å². The van der Waals surface area contributed by atoms with Crippen molar-refractivity contribution >= 4 is 0 Å². The zero-order valence-electron chi connectivity index (χ0n) is 8.28. The number of hydrogen-bond acceptors (Lipinski definition) is 5. The Morgan fingerprint density at radius 3 is 2.60 bits per heavy atom. The van der Waals surface area contributed by atoms with E-state index in [1.54, 1.807) is 18.3 Å². The third-order valence-corrected chi connectivity index (χ3v) is 1.97. The topological polar surface area (TPSA) is 82.8 Å². The van der Waals surface area contributed by atoms with Crippen LogP contribution in [0.15, 0.2) is 24.4 Å². The van der Waals surface area contributed by atoms with Gasteiger partial charge in [-0.2, -0.15) is 0 Å². The van der Waals surface area contributed by atoms with Gasteiger partial charge in [-0.1, -0.05) is 6.07 Å². The van der Waals surface area contributed by atoms with Gasteiger partial charge in [0, 0.05) is 6.20 Å². The molecule has 1 heterocycles. The molecule has 0 radical (unpaired) electrons. The van der Waals surface area contributed by atoms with E-state index in [1.165, 1.54) is 0 Å². The lowest BCUT2D eigenvalue weighted by Gasteiger charge is -2.19. The third-order valence-electron chi connectivity index (χ3n) is 1.97. The molecule has 3 N–H and O–H groups in total. The van der Waals surface area contributed by atoms with E-state index < -0.39 is 18.8 Å². The summed E-state index contributed by atoms with van der Waals surface area (Å²) in [6.07, 6.45) is -0.217. The molecule has 2 atom stereocenters. The van der Waals surface area contributed by atoms with Crippen molar-refractivity contribution < 1.29 is 20.1 Å². The van der Waals surface area contributed by atoms with E-state index in [1.807, 2.05) is 6.07 Å². The molecule has 0 aliphatic carbocycles. The maximum absolute atomic E-state index is 9.24. The van der Waals surface area contributed by atoms with Crippen LogP contribution < -0.4 is 0 Å². The summed E-state index contributed by atoms with van der Waals surface area (Å²) in [7, 11) is 0. The van der Waals surface area contributed by atoms with Gasteiger partial charge in [0.1, 0.15) is 12.2 Å². The predicted molar refractivity (Wildman–Crippen MR) is 53.0 cm³/mol. The van der Waals surface area contributed by atoms with Gasteiger partial charge in [-0.3, -0.25) is 4.98 Å². The number of aliphatic hydroxyl groups is 3. The standard InChI is InChI=1S/C10H15NO4/c12-5-9(14)10(6-13)15-7-8-3-1-2-4-11-8/h1-4,9-10,12-14H,5-7H2. The molecule has 5 heteroatoms. The summed E-state index contributed by atoms with van der Waals surface area (Å²) >= 11 is 0. The van der Waals surface area contributed by atoms with Crippen molar-refractivity contribution in [1.29, 1.82) is 0 Å². The van der Waals surface area contributed by atoms with Crippen LogP contribution >= 0.6 is 0 Å². The van der Waals surface area contributed by atoms with Gasteiger partial charge < -0.3 is 20.1 Å². The molecular formula is C10H15NO4. The highest BCUT2D eigenvalue weighted by atomic mass is 16.5. The quantitative estimate of drug-likeness (QED) is 0.582. The van der Waals surface area contributed by atoms with E-state index in [2.05, 4.69) is 4.98 Å². The Balaban J connectivity index is 2.41. The molecule has 84 valence electrons. The van der Waals surface area contributed by atoms with Crippen LogP contribution in [0.4, 0.5) is 0 Å². The van der Waals surface area contributed by atoms with E-state index in [0.717, 1.165) is 0 Å². The zero-order chi connectivity index (χ0) is 11.1. The molecule has 0 amide bonds. The molecule has 0 aromatic carbocycles. The lowest BCUT2D eigenvalue weighted by Crippen LogP contribution is -2.35. The monoisotopic (exact) mass is 213 g/mol. The van der Waals surface area contributed by atoms with E-state index in [0.29, 0.717) is 5.69 Å². The normalized spacial score (nSPS) is 14.9. The van der Waals surface area contributed by atoms with Crippen molar-refractivity contribution in [3.63, 3.8) is 0 Å². The lowest BCUT2D eigenvalue weighted by atomic mass is 10.2. The smallest absolute Gasteiger partial charge is 0.109 e. The molecule has 15 heavy (non-hydrogen) atoms. The molecule has 0 aliphatic heterocycles. The van der Waals surface area contributed by atoms with E-state index in [9.17, 15) is 5.11 Å². The van der Waals surface area contributed by atoms with Crippen LogP contribution in [0.2, 0.25) is 0 Å². The van der Waals surface area contributed by atoms with Gasteiger partial charge >= 0.3 is 0 Å². The number of rotatable bonds is 6. The Morgan fingerprint density at radius 1 is 1.27 bits per heavy atom. The average Bonchev–Trinajstić information content (AvgIpc) is 2.31. The first-order chi connectivity index (χ1) is 7.27. The number of ether oxygens (including phenoxy) is 1. The highest BCUT2D eigenvalue weighted by molar-refractivity contribution is 5.01. The molecule has 1 rings (SSSR count). The van der Waals surface area contributed by atoms with Crippen LogP contribution in [0.1, 0.15) is 5.69 Å². The van der Waals surface area contributed by atoms with Gasteiger partial charge in [-0.05, 0) is 12.1 Å². The number of pyridine rings is 1. The summed E-state index contributed by atoms with van der Waals surface area (Å²) in [5, 5.41) is 26.8. The summed E-state index contributed by atoms with van der Waals surface area (Å²) in [5.41, 5.74) is 0.709.